The fourth-order valence-electron chi connectivity index (χ4n) is 3.16. The number of amides is 1. The van der Waals surface area contributed by atoms with Gasteiger partial charge in [0.2, 0.25) is 5.91 Å². The van der Waals surface area contributed by atoms with Crippen molar-refractivity contribution in [3.63, 3.8) is 0 Å². The lowest BCUT2D eigenvalue weighted by Gasteiger charge is -2.13. The number of nitrogens with one attached hydrogen (secondary N) is 1. The summed E-state index contributed by atoms with van der Waals surface area (Å²) in [5, 5.41) is 3.49. The molecule has 2 heterocycles. The Hall–Kier alpha value is -2.59. The monoisotopic (exact) mass is 481 g/mol. The fourth-order valence-corrected chi connectivity index (χ4v) is 5.18. The van der Waals surface area contributed by atoms with Gasteiger partial charge in [-0.2, -0.15) is 13.2 Å². The lowest BCUT2D eigenvalue weighted by Crippen LogP contribution is -2.22. The lowest BCUT2D eigenvalue weighted by atomic mass is 10.1. The molecule has 0 saturated heterocycles. The van der Waals surface area contributed by atoms with Crippen LogP contribution in [0.3, 0.4) is 0 Å². The van der Waals surface area contributed by atoms with E-state index >= 15 is 0 Å². The second kappa shape index (κ2) is 9.91. The molecule has 32 heavy (non-hydrogen) atoms. The average molecular weight is 482 g/mol. The van der Waals surface area contributed by atoms with Gasteiger partial charge in [0.05, 0.1) is 16.6 Å². The van der Waals surface area contributed by atoms with E-state index < -0.39 is 17.6 Å². The number of thioether (sulfide) groups is 1. The molecule has 5 nitrogen and oxygen atoms in total. The van der Waals surface area contributed by atoms with E-state index in [2.05, 4.69) is 16.9 Å². The number of fused-ring (bicyclic) bond motifs is 1. The number of hydrogen-bond donors (Lipinski definition) is 1. The molecule has 3 aromatic rings. The maximum absolute atomic E-state index is 13.1. The molecular weight excluding hydrogens is 459 g/mol. The van der Waals surface area contributed by atoms with Crippen LogP contribution in [-0.2, 0) is 17.5 Å². The quantitative estimate of drug-likeness (QED) is 0.191. The van der Waals surface area contributed by atoms with Crippen molar-refractivity contribution in [1.29, 1.82) is 0 Å². The molecule has 0 radical (unpaired) electrons. The van der Waals surface area contributed by atoms with Gasteiger partial charge in [-0.05, 0) is 38.0 Å². The molecule has 0 bridgehead atoms. The van der Waals surface area contributed by atoms with E-state index in [4.69, 9.17) is 0 Å². The standard InChI is InChI=1S/C22H22F3N3O2S2/c1-4-11-28-20(30)18-13(2)14(3)32-19(18)27-21(28)31-12-7-10-17(29)26-16-9-6-5-8-15(16)22(23,24)25/h4-6,8-9H,1,7,10-12H2,2-3H3,(H,26,29). The first-order valence-corrected chi connectivity index (χ1v) is 11.6. The van der Waals surface area contributed by atoms with Crippen LogP contribution in [0.1, 0.15) is 28.8 Å². The Balaban J connectivity index is 1.66. The van der Waals surface area contributed by atoms with E-state index in [0.29, 0.717) is 34.1 Å². The maximum Gasteiger partial charge on any atom is 0.418 e. The van der Waals surface area contributed by atoms with Gasteiger partial charge in [-0.25, -0.2) is 4.98 Å². The summed E-state index contributed by atoms with van der Waals surface area (Å²) >= 11 is 2.80. The van der Waals surface area contributed by atoms with Crippen LogP contribution in [-0.4, -0.2) is 21.2 Å². The molecule has 170 valence electrons. The Labute approximate surface area is 191 Å². The first-order chi connectivity index (χ1) is 15.1. The normalized spacial score (nSPS) is 11.7. The molecule has 0 fully saturated rings. The molecule has 1 amide bonds. The van der Waals surface area contributed by atoms with Crippen LogP contribution in [0.15, 0.2) is 46.9 Å². The number of allylic oxidation sites excluding steroid dienone is 1. The molecule has 0 unspecified atom stereocenters. The zero-order chi connectivity index (χ0) is 23.5. The van der Waals surface area contributed by atoms with Crippen molar-refractivity contribution in [3.05, 3.63) is 63.3 Å². The van der Waals surface area contributed by atoms with Crippen molar-refractivity contribution >= 4 is 44.9 Å². The van der Waals surface area contributed by atoms with Gasteiger partial charge >= 0.3 is 6.18 Å². The summed E-state index contributed by atoms with van der Waals surface area (Å²) in [6.45, 7) is 7.86. The summed E-state index contributed by atoms with van der Waals surface area (Å²) in [6.07, 6.45) is -2.46. The van der Waals surface area contributed by atoms with Gasteiger partial charge in [0.15, 0.2) is 5.16 Å². The largest absolute Gasteiger partial charge is 0.418 e. The Morgan fingerprint density at radius 3 is 2.72 bits per heavy atom. The number of halogens is 3. The second-order valence-electron chi connectivity index (χ2n) is 7.11. The van der Waals surface area contributed by atoms with Crippen molar-refractivity contribution in [2.75, 3.05) is 11.1 Å². The molecule has 10 heteroatoms. The topological polar surface area (TPSA) is 64.0 Å². The summed E-state index contributed by atoms with van der Waals surface area (Å²) in [5.41, 5.74) is -0.336. The highest BCUT2D eigenvalue weighted by atomic mass is 32.2. The smallest absolute Gasteiger partial charge is 0.326 e. The molecule has 0 aliphatic heterocycles. The van der Waals surface area contributed by atoms with Crippen LogP contribution in [0, 0.1) is 13.8 Å². The van der Waals surface area contributed by atoms with Crippen LogP contribution >= 0.6 is 23.1 Å². The van der Waals surface area contributed by atoms with Crippen LogP contribution in [0.5, 0.6) is 0 Å². The van der Waals surface area contributed by atoms with Crippen LogP contribution in [0.25, 0.3) is 10.2 Å². The number of benzene rings is 1. The average Bonchev–Trinajstić information content (AvgIpc) is 3.01. The Morgan fingerprint density at radius 1 is 1.31 bits per heavy atom. The highest BCUT2D eigenvalue weighted by molar-refractivity contribution is 7.99. The number of alkyl halides is 3. The molecule has 0 atom stereocenters. The third kappa shape index (κ3) is 5.24. The van der Waals surface area contributed by atoms with Crippen molar-refractivity contribution in [3.8, 4) is 0 Å². The number of anilines is 1. The molecule has 0 aliphatic rings. The van der Waals surface area contributed by atoms with Gasteiger partial charge in [0, 0.05) is 23.6 Å². The minimum absolute atomic E-state index is 0.0460. The number of nitrogens with zero attached hydrogens (tertiary/aromatic N) is 2. The number of hydrogen-bond acceptors (Lipinski definition) is 5. The van der Waals surface area contributed by atoms with Gasteiger partial charge in [0.1, 0.15) is 4.83 Å². The predicted molar refractivity (Wildman–Crippen MR) is 124 cm³/mol. The molecular formula is C22H22F3N3O2S2. The molecule has 1 N–H and O–H groups in total. The summed E-state index contributed by atoms with van der Waals surface area (Å²) in [5.74, 6) is -0.0223. The van der Waals surface area contributed by atoms with Gasteiger partial charge < -0.3 is 5.32 Å². The first kappa shape index (κ1) is 24.1. The van der Waals surface area contributed by atoms with Crippen LogP contribution in [0.2, 0.25) is 0 Å². The van der Waals surface area contributed by atoms with Gasteiger partial charge in [-0.3, -0.25) is 14.2 Å². The molecule has 1 aromatic carbocycles. The minimum atomic E-state index is -4.54. The minimum Gasteiger partial charge on any atom is -0.326 e. The molecule has 0 aliphatic carbocycles. The number of aromatic nitrogens is 2. The number of para-hydroxylation sites is 1. The number of aryl methyl sites for hydroxylation is 2. The summed E-state index contributed by atoms with van der Waals surface area (Å²) in [6, 6.07) is 4.88. The summed E-state index contributed by atoms with van der Waals surface area (Å²) < 4.78 is 40.8. The van der Waals surface area contributed by atoms with Gasteiger partial charge in [0.25, 0.3) is 5.56 Å². The van der Waals surface area contributed by atoms with E-state index in [-0.39, 0.29) is 17.7 Å². The van der Waals surface area contributed by atoms with Gasteiger partial charge in [-0.1, -0.05) is 30.0 Å². The maximum atomic E-state index is 13.1. The molecule has 2 aromatic heterocycles. The third-order valence-corrected chi connectivity index (χ3v) is 7.02. The van der Waals surface area contributed by atoms with E-state index in [1.165, 1.54) is 41.3 Å². The van der Waals surface area contributed by atoms with Crippen molar-refractivity contribution in [1.82, 2.24) is 9.55 Å². The van der Waals surface area contributed by atoms with Gasteiger partial charge in [-0.15, -0.1) is 17.9 Å². The van der Waals surface area contributed by atoms with E-state index in [9.17, 15) is 22.8 Å². The Bertz CT molecular complexity index is 1220. The van der Waals surface area contributed by atoms with Crippen LogP contribution in [0.4, 0.5) is 18.9 Å². The SMILES string of the molecule is C=CCn1c(SCCCC(=O)Nc2ccccc2C(F)(F)F)nc2sc(C)c(C)c2c1=O. The number of rotatable bonds is 8. The molecule has 3 rings (SSSR count). The zero-order valence-electron chi connectivity index (χ0n) is 17.6. The van der Waals surface area contributed by atoms with E-state index in [0.717, 1.165) is 16.5 Å². The van der Waals surface area contributed by atoms with Crippen molar-refractivity contribution < 1.29 is 18.0 Å². The summed E-state index contributed by atoms with van der Waals surface area (Å²) in [7, 11) is 0. The van der Waals surface area contributed by atoms with Crippen molar-refractivity contribution in [2.45, 2.75) is 44.6 Å². The van der Waals surface area contributed by atoms with E-state index in [1.54, 1.807) is 10.6 Å². The Kier molecular flexibility index (Phi) is 7.45. The number of thiophene rings is 1. The van der Waals surface area contributed by atoms with Crippen molar-refractivity contribution in [2.24, 2.45) is 0 Å². The number of carbonyl (C=O) groups is 1. The fraction of sp³-hybridized carbons (Fsp3) is 0.318. The van der Waals surface area contributed by atoms with Crippen LogP contribution < -0.4 is 10.9 Å². The van der Waals surface area contributed by atoms with E-state index in [1.807, 2.05) is 13.8 Å². The molecule has 0 saturated carbocycles. The molecule has 0 spiro atoms. The first-order valence-electron chi connectivity index (χ1n) is 9.83. The lowest BCUT2D eigenvalue weighted by molar-refractivity contribution is -0.137. The third-order valence-electron chi connectivity index (χ3n) is 4.85. The summed E-state index contributed by atoms with van der Waals surface area (Å²) in [4.78, 5) is 31.5. The highest BCUT2D eigenvalue weighted by Gasteiger charge is 2.33. The Morgan fingerprint density at radius 2 is 2.03 bits per heavy atom. The number of carbonyl (C=O) groups excluding carboxylic acids is 1. The highest BCUT2D eigenvalue weighted by Crippen LogP contribution is 2.34. The predicted octanol–water partition coefficient (Wildman–Crippen LogP) is 5.79. The zero-order valence-corrected chi connectivity index (χ0v) is 19.2. The second-order valence-corrected chi connectivity index (χ2v) is 9.37.